The van der Waals surface area contributed by atoms with Crippen LogP contribution >= 0.6 is 11.8 Å². The van der Waals surface area contributed by atoms with Gasteiger partial charge in [-0.25, -0.2) is 14.4 Å². The Hall–Kier alpha value is -2.22. The summed E-state index contributed by atoms with van der Waals surface area (Å²) in [5.74, 6) is -0.796. The Balaban J connectivity index is 1.73. The van der Waals surface area contributed by atoms with Gasteiger partial charge < -0.3 is 14.6 Å². The maximum Gasteiger partial charge on any atom is 0.410 e. The Morgan fingerprint density at radius 3 is 2.63 bits per heavy atom. The third-order valence-electron chi connectivity index (χ3n) is 6.05. The van der Waals surface area contributed by atoms with Gasteiger partial charge in [0, 0.05) is 16.7 Å². The second-order valence-electron chi connectivity index (χ2n) is 8.01. The van der Waals surface area contributed by atoms with Crippen LogP contribution in [-0.4, -0.2) is 59.6 Å². The van der Waals surface area contributed by atoms with Crippen molar-refractivity contribution in [1.29, 1.82) is 0 Å². The van der Waals surface area contributed by atoms with Crippen molar-refractivity contribution in [3.8, 4) is 0 Å². The third-order valence-corrected chi connectivity index (χ3v) is 7.40. The van der Waals surface area contributed by atoms with Gasteiger partial charge in [0.05, 0.1) is 19.3 Å². The molecule has 3 rings (SSSR count). The van der Waals surface area contributed by atoms with Crippen LogP contribution in [0.5, 0.6) is 0 Å². The number of amides is 1. The van der Waals surface area contributed by atoms with E-state index in [-0.39, 0.29) is 17.8 Å². The Morgan fingerprint density at radius 1 is 1.20 bits per heavy atom. The monoisotopic (exact) mass is 435 g/mol. The first-order valence-corrected chi connectivity index (χ1v) is 11.2. The number of methoxy groups -OCH3 is 1. The summed E-state index contributed by atoms with van der Waals surface area (Å²) in [4.78, 5) is 38.4. The fourth-order valence-corrected chi connectivity index (χ4v) is 6.04. The van der Waals surface area contributed by atoms with Gasteiger partial charge in [-0.05, 0) is 69.1 Å². The van der Waals surface area contributed by atoms with Crippen molar-refractivity contribution in [3.63, 3.8) is 0 Å². The standard InChI is InChI=1S/C22H29NO6S/c1-4-29-21(26)17-8-5-13(2)9-19(17)30-16-7-6-14-12-23(22(27)28-3)18(20(24)25)11-15(14)10-16/h5,8-9,14-16,18H,4,6-7,10-12H2,1-3H3,(H,24,25). The Morgan fingerprint density at radius 2 is 1.97 bits per heavy atom. The lowest BCUT2D eigenvalue weighted by molar-refractivity contribution is -0.145. The van der Waals surface area contributed by atoms with Crippen molar-refractivity contribution in [1.82, 2.24) is 4.90 Å². The van der Waals surface area contributed by atoms with Gasteiger partial charge in [0.2, 0.25) is 0 Å². The number of fused-ring (bicyclic) bond motifs is 1. The molecule has 0 bridgehead atoms. The van der Waals surface area contributed by atoms with Crippen LogP contribution in [0.25, 0.3) is 0 Å². The predicted molar refractivity (Wildman–Crippen MR) is 113 cm³/mol. The number of carbonyl (C=O) groups is 3. The van der Waals surface area contributed by atoms with Gasteiger partial charge in [0.25, 0.3) is 0 Å². The summed E-state index contributed by atoms with van der Waals surface area (Å²) >= 11 is 1.68. The van der Waals surface area contributed by atoms with E-state index in [1.54, 1.807) is 18.7 Å². The van der Waals surface area contributed by atoms with Crippen LogP contribution in [0.2, 0.25) is 0 Å². The summed E-state index contributed by atoms with van der Waals surface area (Å²) in [6.45, 7) is 4.54. The minimum Gasteiger partial charge on any atom is -0.480 e. The van der Waals surface area contributed by atoms with Crippen molar-refractivity contribution >= 4 is 29.8 Å². The van der Waals surface area contributed by atoms with E-state index < -0.39 is 18.1 Å². The molecule has 30 heavy (non-hydrogen) atoms. The van der Waals surface area contributed by atoms with Crippen LogP contribution in [0.4, 0.5) is 4.79 Å². The lowest BCUT2D eigenvalue weighted by Crippen LogP contribution is -2.54. The number of benzene rings is 1. The fraction of sp³-hybridized carbons (Fsp3) is 0.591. The maximum atomic E-state index is 12.3. The number of carbonyl (C=O) groups excluding carboxylic acids is 2. The molecule has 7 nitrogen and oxygen atoms in total. The lowest BCUT2D eigenvalue weighted by Gasteiger charge is -2.45. The Bertz CT molecular complexity index is 813. The minimum absolute atomic E-state index is 0.231. The van der Waals surface area contributed by atoms with Gasteiger partial charge in [-0.3, -0.25) is 4.90 Å². The first-order valence-electron chi connectivity index (χ1n) is 10.4. The molecule has 1 aliphatic heterocycles. The maximum absolute atomic E-state index is 12.3. The zero-order valence-corrected chi connectivity index (χ0v) is 18.4. The number of aryl methyl sites for hydroxylation is 1. The van der Waals surface area contributed by atoms with Gasteiger partial charge >= 0.3 is 18.0 Å². The number of esters is 1. The minimum atomic E-state index is -0.989. The highest BCUT2D eigenvalue weighted by atomic mass is 32.2. The first-order chi connectivity index (χ1) is 14.3. The van der Waals surface area contributed by atoms with E-state index in [1.165, 1.54) is 12.0 Å². The molecule has 4 atom stereocenters. The molecule has 2 aliphatic rings. The number of thioether (sulfide) groups is 1. The summed E-state index contributed by atoms with van der Waals surface area (Å²) in [5, 5.41) is 9.91. The Kier molecular flexibility index (Phi) is 7.28. The number of ether oxygens (including phenoxy) is 2. The molecule has 4 unspecified atom stereocenters. The highest BCUT2D eigenvalue weighted by Crippen LogP contribution is 2.44. The van der Waals surface area contributed by atoms with Gasteiger partial charge in [-0.2, -0.15) is 0 Å². The van der Waals surface area contributed by atoms with E-state index in [1.807, 2.05) is 25.1 Å². The highest BCUT2D eigenvalue weighted by Gasteiger charge is 2.44. The fourth-order valence-electron chi connectivity index (χ4n) is 4.55. The van der Waals surface area contributed by atoms with Crippen molar-refractivity contribution in [2.45, 2.75) is 55.7 Å². The molecule has 0 spiro atoms. The zero-order chi connectivity index (χ0) is 21.8. The molecule has 1 aromatic carbocycles. The second kappa shape index (κ2) is 9.73. The molecule has 1 aliphatic carbocycles. The van der Waals surface area contributed by atoms with Gasteiger partial charge in [0.15, 0.2) is 0 Å². The molecule has 1 aromatic rings. The van der Waals surface area contributed by atoms with Crippen LogP contribution < -0.4 is 0 Å². The van der Waals surface area contributed by atoms with Gasteiger partial charge in [-0.15, -0.1) is 11.8 Å². The molecule has 164 valence electrons. The zero-order valence-electron chi connectivity index (χ0n) is 17.6. The highest BCUT2D eigenvalue weighted by molar-refractivity contribution is 8.00. The van der Waals surface area contributed by atoms with Gasteiger partial charge in [-0.1, -0.05) is 6.07 Å². The molecule has 8 heteroatoms. The lowest BCUT2D eigenvalue weighted by atomic mass is 9.73. The van der Waals surface area contributed by atoms with E-state index in [2.05, 4.69) is 0 Å². The average Bonchev–Trinajstić information content (AvgIpc) is 2.72. The predicted octanol–water partition coefficient (Wildman–Crippen LogP) is 3.97. The smallest absolute Gasteiger partial charge is 0.410 e. The SMILES string of the molecule is CCOC(=O)c1ccc(C)cc1SC1CCC2CN(C(=O)OC)C(C(=O)O)CC2C1. The quantitative estimate of drug-likeness (QED) is 0.699. The summed E-state index contributed by atoms with van der Waals surface area (Å²) in [6, 6.07) is 4.89. The molecule has 1 saturated carbocycles. The van der Waals surface area contributed by atoms with E-state index in [0.29, 0.717) is 30.4 Å². The molecular formula is C22H29NO6S. The van der Waals surface area contributed by atoms with Crippen LogP contribution in [-0.2, 0) is 14.3 Å². The third kappa shape index (κ3) is 4.91. The topological polar surface area (TPSA) is 93.1 Å². The molecular weight excluding hydrogens is 406 g/mol. The molecule has 1 saturated heterocycles. The molecule has 1 amide bonds. The van der Waals surface area contributed by atoms with Crippen LogP contribution in [0.3, 0.4) is 0 Å². The van der Waals surface area contributed by atoms with Crippen molar-refractivity contribution in [2.24, 2.45) is 11.8 Å². The molecule has 1 N–H and O–H groups in total. The second-order valence-corrected chi connectivity index (χ2v) is 9.35. The summed E-state index contributed by atoms with van der Waals surface area (Å²) in [5.41, 5.74) is 1.66. The van der Waals surface area contributed by atoms with E-state index in [4.69, 9.17) is 9.47 Å². The molecule has 0 aromatic heterocycles. The van der Waals surface area contributed by atoms with E-state index >= 15 is 0 Å². The van der Waals surface area contributed by atoms with Crippen LogP contribution in [0, 0.1) is 18.8 Å². The van der Waals surface area contributed by atoms with Gasteiger partial charge in [0.1, 0.15) is 6.04 Å². The number of hydrogen-bond donors (Lipinski definition) is 1. The Labute approximate surface area is 181 Å². The van der Waals surface area contributed by atoms with Crippen LogP contribution in [0.15, 0.2) is 23.1 Å². The summed E-state index contributed by atoms with van der Waals surface area (Å²) in [7, 11) is 1.28. The largest absolute Gasteiger partial charge is 0.480 e. The number of rotatable bonds is 5. The van der Waals surface area contributed by atoms with Crippen molar-refractivity contribution < 1.29 is 29.0 Å². The number of nitrogens with zero attached hydrogens (tertiary/aromatic N) is 1. The summed E-state index contributed by atoms with van der Waals surface area (Å²) < 4.78 is 9.99. The number of likely N-dealkylation sites (tertiary alicyclic amines) is 1. The normalized spacial score (nSPS) is 25.9. The number of piperidine rings is 1. The van der Waals surface area contributed by atoms with Crippen molar-refractivity contribution in [2.75, 3.05) is 20.3 Å². The van der Waals surface area contributed by atoms with Crippen molar-refractivity contribution in [3.05, 3.63) is 29.3 Å². The van der Waals surface area contributed by atoms with E-state index in [9.17, 15) is 19.5 Å². The number of aliphatic carboxylic acids is 1. The molecule has 0 radical (unpaired) electrons. The molecule has 1 heterocycles. The van der Waals surface area contributed by atoms with E-state index in [0.717, 1.165) is 29.7 Å². The number of hydrogen-bond acceptors (Lipinski definition) is 6. The van der Waals surface area contributed by atoms with Crippen LogP contribution in [0.1, 0.15) is 48.5 Å². The summed E-state index contributed by atoms with van der Waals surface area (Å²) in [6.07, 6.45) is 2.60. The first kappa shape index (κ1) is 22.5. The average molecular weight is 436 g/mol. The number of carboxylic acids is 1. The number of carboxylic acid groups (broad SMARTS) is 1. The molecule has 2 fully saturated rings.